The molecule has 2 atom stereocenters. The Bertz CT molecular complexity index is 1100. The van der Waals surface area contributed by atoms with Crippen LogP contribution in [0.2, 0.25) is 5.02 Å². The van der Waals surface area contributed by atoms with Crippen LogP contribution in [0.15, 0.2) is 18.5 Å². The molecule has 6 rings (SSSR count). The molecule has 3 fully saturated rings. The van der Waals surface area contributed by atoms with Crippen LogP contribution < -0.4 is 0 Å². The second-order valence-electron chi connectivity index (χ2n) is 8.02. The lowest BCUT2D eigenvalue weighted by Gasteiger charge is -2.46. The Labute approximate surface area is 170 Å². The molecule has 150 valence electrons. The summed E-state index contributed by atoms with van der Waals surface area (Å²) in [6, 6.07) is 1.70. The summed E-state index contributed by atoms with van der Waals surface area (Å²) in [5, 5.41) is 17.8. The van der Waals surface area contributed by atoms with Gasteiger partial charge in [0.05, 0.1) is 28.2 Å². The maximum absolute atomic E-state index is 14.6. The van der Waals surface area contributed by atoms with Gasteiger partial charge in [0.2, 0.25) is 0 Å². The van der Waals surface area contributed by atoms with E-state index in [0.717, 1.165) is 31.9 Å². The van der Waals surface area contributed by atoms with Crippen molar-refractivity contribution in [3.05, 3.63) is 35.0 Å². The van der Waals surface area contributed by atoms with E-state index in [2.05, 4.69) is 25.1 Å². The fourth-order valence-corrected chi connectivity index (χ4v) is 5.35. The molecule has 0 saturated heterocycles. The summed E-state index contributed by atoms with van der Waals surface area (Å²) in [5.41, 5.74) is 1.22. The first-order valence-corrected chi connectivity index (χ1v) is 10.1. The third-order valence-corrected chi connectivity index (χ3v) is 6.73. The van der Waals surface area contributed by atoms with Gasteiger partial charge >= 0.3 is 5.97 Å². The molecule has 3 saturated carbocycles. The number of fused-ring (bicyclic) bond motifs is 4. The lowest BCUT2D eigenvalue weighted by molar-refractivity contribution is -0.152. The number of aromatic amines is 1. The highest BCUT2D eigenvalue weighted by Crippen LogP contribution is 2.50. The number of H-pyrrole nitrogens is 1. The third-order valence-electron chi connectivity index (χ3n) is 6.52. The van der Waals surface area contributed by atoms with Crippen molar-refractivity contribution >= 4 is 28.6 Å². The monoisotopic (exact) mass is 415 g/mol. The summed E-state index contributed by atoms with van der Waals surface area (Å²) >= 11 is 6.04. The van der Waals surface area contributed by atoms with Crippen molar-refractivity contribution in [2.75, 3.05) is 0 Å². The van der Waals surface area contributed by atoms with Gasteiger partial charge in [-0.2, -0.15) is 5.10 Å². The van der Waals surface area contributed by atoms with Crippen LogP contribution in [0.25, 0.3) is 22.6 Å². The first-order valence-electron chi connectivity index (χ1n) is 9.75. The largest absolute Gasteiger partial charge is 0.481 e. The SMILES string of the molecule is O=C(O)[C@H]1C2CCC(CC2)[C@@H]1Cc1nc(-c2[nH]nc3ncc(Cl)cc23)ncc1F. The van der Waals surface area contributed by atoms with Gasteiger partial charge in [-0.1, -0.05) is 11.6 Å². The Morgan fingerprint density at radius 1 is 1.21 bits per heavy atom. The molecule has 9 heteroatoms. The van der Waals surface area contributed by atoms with Crippen LogP contribution in [0.4, 0.5) is 4.39 Å². The molecule has 3 aromatic heterocycles. The molecule has 7 nitrogen and oxygen atoms in total. The van der Waals surface area contributed by atoms with Crippen molar-refractivity contribution < 1.29 is 14.3 Å². The van der Waals surface area contributed by atoms with Gasteiger partial charge in [0.1, 0.15) is 5.69 Å². The Morgan fingerprint density at radius 3 is 2.72 bits per heavy atom. The van der Waals surface area contributed by atoms with Gasteiger partial charge in [-0.3, -0.25) is 9.89 Å². The Kier molecular flexibility index (Phi) is 4.46. The van der Waals surface area contributed by atoms with Crippen molar-refractivity contribution in [3.63, 3.8) is 0 Å². The smallest absolute Gasteiger partial charge is 0.307 e. The topological polar surface area (TPSA) is 105 Å². The number of nitrogens with zero attached hydrogens (tertiary/aromatic N) is 4. The second-order valence-corrected chi connectivity index (χ2v) is 8.45. The maximum Gasteiger partial charge on any atom is 0.307 e. The van der Waals surface area contributed by atoms with E-state index in [1.165, 1.54) is 6.20 Å². The van der Waals surface area contributed by atoms with E-state index in [4.69, 9.17) is 11.6 Å². The fraction of sp³-hybridized carbons (Fsp3) is 0.450. The van der Waals surface area contributed by atoms with Crippen molar-refractivity contribution in [3.8, 4) is 11.5 Å². The number of nitrogens with one attached hydrogen (secondary N) is 1. The summed E-state index contributed by atoms with van der Waals surface area (Å²) in [6.07, 6.45) is 6.84. The standard InChI is InChI=1S/C20H19ClFN5O2/c21-11-5-13-17(26-27-18(13)23-7-11)19-24-8-14(22)15(25-19)6-12-9-1-3-10(4-2-9)16(12)20(28)29/h5,7-10,12,16H,1-4,6H2,(H,28,29)(H,23,26,27)/t9?,10?,12-,16-/m0/s1. The zero-order valence-electron chi connectivity index (χ0n) is 15.5. The highest BCUT2D eigenvalue weighted by atomic mass is 35.5. The fourth-order valence-electron chi connectivity index (χ4n) is 5.19. The van der Waals surface area contributed by atoms with Crippen LogP contribution in [-0.4, -0.2) is 36.2 Å². The second kappa shape index (κ2) is 7.02. The molecule has 2 N–H and O–H groups in total. The van der Waals surface area contributed by atoms with Crippen LogP contribution in [0.1, 0.15) is 31.4 Å². The number of halogens is 2. The van der Waals surface area contributed by atoms with Gasteiger partial charge in [-0.15, -0.1) is 0 Å². The van der Waals surface area contributed by atoms with E-state index in [9.17, 15) is 14.3 Å². The van der Waals surface area contributed by atoms with Gasteiger partial charge in [0.25, 0.3) is 0 Å². The average Bonchev–Trinajstić information content (AvgIpc) is 3.13. The van der Waals surface area contributed by atoms with Crippen LogP contribution in [-0.2, 0) is 11.2 Å². The van der Waals surface area contributed by atoms with Gasteiger partial charge < -0.3 is 5.11 Å². The van der Waals surface area contributed by atoms with Crippen molar-refractivity contribution in [1.29, 1.82) is 0 Å². The van der Waals surface area contributed by atoms with E-state index in [0.29, 0.717) is 39.9 Å². The van der Waals surface area contributed by atoms with Gasteiger partial charge in [0, 0.05) is 6.20 Å². The summed E-state index contributed by atoms with van der Waals surface area (Å²) in [5.74, 6) is -1.06. The molecule has 0 spiro atoms. The number of carboxylic acid groups (broad SMARTS) is 1. The summed E-state index contributed by atoms with van der Waals surface area (Å²) in [7, 11) is 0. The van der Waals surface area contributed by atoms with E-state index in [1.807, 2.05) is 0 Å². The van der Waals surface area contributed by atoms with E-state index in [1.54, 1.807) is 6.07 Å². The first-order chi connectivity index (χ1) is 14.0. The normalized spacial score (nSPS) is 26.1. The summed E-state index contributed by atoms with van der Waals surface area (Å²) in [6.45, 7) is 0. The lowest BCUT2D eigenvalue weighted by Crippen LogP contribution is -2.45. The maximum atomic E-state index is 14.6. The van der Waals surface area contributed by atoms with Crippen molar-refractivity contribution in [1.82, 2.24) is 25.1 Å². The molecule has 29 heavy (non-hydrogen) atoms. The van der Waals surface area contributed by atoms with Gasteiger partial charge in [-0.05, 0) is 55.9 Å². The molecule has 0 aromatic carbocycles. The summed E-state index contributed by atoms with van der Waals surface area (Å²) in [4.78, 5) is 24.6. The van der Waals surface area contributed by atoms with Gasteiger partial charge in [0.15, 0.2) is 17.3 Å². The van der Waals surface area contributed by atoms with Crippen LogP contribution in [0.5, 0.6) is 0 Å². The minimum Gasteiger partial charge on any atom is -0.481 e. The number of pyridine rings is 1. The Morgan fingerprint density at radius 2 is 1.97 bits per heavy atom. The average molecular weight is 416 g/mol. The quantitative estimate of drug-likeness (QED) is 0.669. The molecule has 0 amide bonds. The van der Waals surface area contributed by atoms with E-state index < -0.39 is 17.7 Å². The molecular formula is C20H19ClFN5O2. The third kappa shape index (κ3) is 3.15. The number of carbonyl (C=O) groups is 1. The predicted molar refractivity (Wildman–Crippen MR) is 104 cm³/mol. The molecule has 3 aromatic rings. The zero-order chi connectivity index (χ0) is 20.1. The molecule has 0 aliphatic heterocycles. The van der Waals surface area contributed by atoms with Gasteiger partial charge in [-0.25, -0.2) is 19.3 Å². The van der Waals surface area contributed by atoms with Crippen molar-refractivity contribution in [2.24, 2.45) is 23.7 Å². The molecule has 3 heterocycles. The minimum atomic E-state index is -0.778. The Hall–Kier alpha value is -2.61. The first kappa shape index (κ1) is 18.4. The van der Waals surface area contributed by atoms with E-state index in [-0.39, 0.29) is 17.5 Å². The molecule has 2 bridgehead atoms. The molecule has 0 radical (unpaired) electrons. The number of hydrogen-bond donors (Lipinski definition) is 2. The van der Waals surface area contributed by atoms with Crippen molar-refractivity contribution in [2.45, 2.75) is 32.1 Å². The molecule has 3 aliphatic carbocycles. The highest BCUT2D eigenvalue weighted by Gasteiger charge is 2.47. The number of rotatable bonds is 4. The molecule has 3 aliphatic rings. The number of aliphatic carboxylic acids is 1. The predicted octanol–water partition coefficient (Wildman–Crippen LogP) is 3.89. The van der Waals surface area contributed by atoms with Crippen LogP contribution >= 0.6 is 11.6 Å². The zero-order valence-corrected chi connectivity index (χ0v) is 16.2. The number of hydrogen-bond acceptors (Lipinski definition) is 5. The summed E-state index contributed by atoms with van der Waals surface area (Å²) < 4.78 is 14.6. The molecular weight excluding hydrogens is 397 g/mol. The van der Waals surface area contributed by atoms with Crippen LogP contribution in [0.3, 0.4) is 0 Å². The number of carboxylic acids is 1. The minimum absolute atomic E-state index is 0.105. The number of aromatic nitrogens is 5. The molecule has 0 unspecified atom stereocenters. The Balaban J connectivity index is 1.51. The highest BCUT2D eigenvalue weighted by molar-refractivity contribution is 6.31. The lowest BCUT2D eigenvalue weighted by atomic mass is 9.57. The van der Waals surface area contributed by atoms with E-state index >= 15 is 0 Å². The van der Waals surface area contributed by atoms with Crippen LogP contribution in [0, 0.1) is 29.5 Å².